The van der Waals surface area contributed by atoms with Crippen LogP contribution in [0.1, 0.15) is 20.8 Å². The molecule has 0 fully saturated rings. The molecule has 84 valence electrons. The van der Waals surface area contributed by atoms with Crippen molar-refractivity contribution in [3.8, 4) is 0 Å². The first-order valence-electron chi connectivity index (χ1n) is 4.62. The van der Waals surface area contributed by atoms with Gasteiger partial charge in [0.25, 0.3) is 0 Å². The number of hydrogen-bond donors (Lipinski definition) is 1. The van der Waals surface area contributed by atoms with E-state index >= 15 is 0 Å². The van der Waals surface area contributed by atoms with E-state index in [1.807, 2.05) is 20.8 Å². The minimum absolute atomic E-state index is 0.320. The SMILES string of the molecule is CN(N)CCN(C)C(=O)OC(C)(C)C. The van der Waals surface area contributed by atoms with Gasteiger partial charge in [0, 0.05) is 27.2 Å². The van der Waals surface area contributed by atoms with E-state index in [0.717, 1.165) is 0 Å². The molecule has 0 spiro atoms. The van der Waals surface area contributed by atoms with Crippen LogP contribution >= 0.6 is 0 Å². The van der Waals surface area contributed by atoms with E-state index < -0.39 is 5.60 Å². The quantitative estimate of drug-likeness (QED) is 0.540. The summed E-state index contributed by atoms with van der Waals surface area (Å²) in [5, 5.41) is 1.53. The van der Waals surface area contributed by atoms with Gasteiger partial charge >= 0.3 is 6.09 Å². The summed E-state index contributed by atoms with van der Waals surface area (Å²) in [6.45, 7) is 6.70. The maximum Gasteiger partial charge on any atom is 0.410 e. The Morgan fingerprint density at radius 1 is 1.29 bits per heavy atom. The summed E-state index contributed by atoms with van der Waals surface area (Å²) in [7, 11) is 3.44. The average molecular weight is 203 g/mol. The highest BCUT2D eigenvalue weighted by atomic mass is 16.6. The lowest BCUT2D eigenvalue weighted by molar-refractivity contribution is 0.0287. The normalized spacial score (nSPS) is 11.6. The third-order valence-corrected chi connectivity index (χ3v) is 1.49. The van der Waals surface area contributed by atoms with E-state index in [4.69, 9.17) is 10.6 Å². The molecule has 0 heterocycles. The summed E-state index contributed by atoms with van der Waals surface area (Å²) in [4.78, 5) is 12.9. The Bertz CT molecular complexity index is 187. The van der Waals surface area contributed by atoms with Crippen LogP contribution in [0.5, 0.6) is 0 Å². The Labute approximate surface area is 85.8 Å². The van der Waals surface area contributed by atoms with Crippen LogP contribution in [0.4, 0.5) is 4.79 Å². The molecule has 0 saturated carbocycles. The molecule has 1 amide bonds. The van der Waals surface area contributed by atoms with Gasteiger partial charge in [-0.3, -0.25) is 5.84 Å². The second-order valence-electron chi connectivity index (χ2n) is 4.38. The van der Waals surface area contributed by atoms with Crippen LogP contribution in [0.2, 0.25) is 0 Å². The molecule has 0 aliphatic heterocycles. The fourth-order valence-corrected chi connectivity index (χ4v) is 0.739. The number of ether oxygens (including phenoxy) is 1. The number of carbonyl (C=O) groups excluding carboxylic acids is 1. The summed E-state index contributed by atoms with van der Waals surface area (Å²) >= 11 is 0. The summed E-state index contributed by atoms with van der Waals surface area (Å²) < 4.78 is 5.16. The number of amides is 1. The molecule has 0 atom stereocenters. The number of carbonyl (C=O) groups is 1. The number of likely N-dealkylation sites (N-methyl/N-ethyl adjacent to an activating group) is 2. The van der Waals surface area contributed by atoms with Crippen molar-refractivity contribution in [3.05, 3.63) is 0 Å². The number of nitrogens with two attached hydrogens (primary N) is 1. The maximum absolute atomic E-state index is 11.4. The fraction of sp³-hybridized carbons (Fsp3) is 0.889. The molecule has 2 N–H and O–H groups in total. The first kappa shape index (κ1) is 13.2. The van der Waals surface area contributed by atoms with Gasteiger partial charge < -0.3 is 9.64 Å². The zero-order chi connectivity index (χ0) is 11.4. The first-order chi connectivity index (χ1) is 6.22. The van der Waals surface area contributed by atoms with Gasteiger partial charge in [0.05, 0.1) is 0 Å². The summed E-state index contributed by atoms with van der Waals surface area (Å²) in [6, 6.07) is 0. The van der Waals surface area contributed by atoms with E-state index in [1.54, 1.807) is 14.1 Å². The van der Waals surface area contributed by atoms with E-state index in [-0.39, 0.29) is 6.09 Å². The minimum Gasteiger partial charge on any atom is -0.444 e. The Kier molecular flexibility index (Phi) is 4.87. The van der Waals surface area contributed by atoms with Gasteiger partial charge in [0.1, 0.15) is 5.60 Å². The van der Waals surface area contributed by atoms with Crippen LogP contribution in [0.25, 0.3) is 0 Å². The van der Waals surface area contributed by atoms with Crippen LogP contribution in [0.3, 0.4) is 0 Å². The zero-order valence-corrected chi connectivity index (χ0v) is 9.70. The van der Waals surface area contributed by atoms with E-state index in [9.17, 15) is 4.79 Å². The van der Waals surface area contributed by atoms with Crippen molar-refractivity contribution in [2.24, 2.45) is 5.84 Å². The van der Waals surface area contributed by atoms with Crippen molar-refractivity contribution < 1.29 is 9.53 Å². The molecule has 0 aliphatic rings. The highest BCUT2D eigenvalue weighted by Crippen LogP contribution is 2.08. The number of nitrogens with zero attached hydrogens (tertiary/aromatic N) is 2. The largest absolute Gasteiger partial charge is 0.444 e. The van der Waals surface area contributed by atoms with Crippen LogP contribution in [0, 0.1) is 0 Å². The molecule has 0 unspecified atom stereocenters. The molecule has 0 aromatic heterocycles. The Hall–Kier alpha value is -0.810. The van der Waals surface area contributed by atoms with Crippen LogP contribution < -0.4 is 5.84 Å². The Balaban J connectivity index is 3.88. The van der Waals surface area contributed by atoms with E-state index in [2.05, 4.69) is 0 Å². The fourth-order valence-electron chi connectivity index (χ4n) is 0.739. The smallest absolute Gasteiger partial charge is 0.410 e. The molecule has 0 saturated heterocycles. The highest BCUT2D eigenvalue weighted by molar-refractivity contribution is 5.67. The van der Waals surface area contributed by atoms with Crippen molar-refractivity contribution in [1.82, 2.24) is 9.91 Å². The van der Waals surface area contributed by atoms with Gasteiger partial charge in [-0.15, -0.1) is 0 Å². The molecule has 0 aromatic carbocycles. The second-order valence-corrected chi connectivity index (χ2v) is 4.38. The third kappa shape index (κ3) is 6.68. The van der Waals surface area contributed by atoms with Gasteiger partial charge in [-0.25, -0.2) is 9.80 Å². The van der Waals surface area contributed by atoms with Gasteiger partial charge in [0.2, 0.25) is 0 Å². The van der Waals surface area contributed by atoms with Crippen molar-refractivity contribution >= 4 is 6.09 Å². The van der Waals surface area contributed by atoms with Gasteiger partial charge in [-0.2, -0.15) is 0 Å². The lowest BCUT2D eigenvalue weighted by atomic mass is 10.2. The second kappa shape index (κ2) is 5.17. The standard InChI is InChI=1S/C9H21N3O2/c1-9(2,3)14-8(13)11(4)6-7-12(5)10/h6-7,10H2,1-5H3. The number of hydrogen-bond acceptors (Lipinski definition) is 4. The van der Waals surface area contributed by atoms with Crippen LogP contribution in [0.15, 0.2) is 0 Å². The molecule has 0 rings (SSSR count). The molecular weight excluding hydrogens is 182 g/mol. The molecule has 0 radical (unpaired) electrons. The lowest BCUT2D eigenvalue weighted by Gasteiger charge is -2.25. The van der Waals surface area contributed by atoms with Gasteiger partial charge in [-0.05, 0) is 20.8 Å². The van der Waals surface area contributed by atoms with E-state index in [1.165, 1.54) is 9.91 Å². The van der Waals surface area contributed by atoms with Gasteiger partial charge in [0.15, 0.2) is 0 Å². The van der Waals surface area contributed by atoms with E-state index in [0.29, 0.717) is 13.1 Å². The van der Waals surface area contributed by atoms with Crippen molar-refractivity contribution in [1.29, 1.82) is 0 Å². The molecule has 5 heteroatoms. The predicted octanol–water partition coefficient (Wildman–Crippen LogP) is 0.659. The van der Waals surface area contributed by atoms with Crippen molar-refractivity contribution in [2.45, 2.75) is 26.4 Å². The minimum atomic E-state index is -0.444. The summed E-state index contributed by atoms with van der Waals surface area (Å²) in [6.07, 6.45) is -0.320. The van der Waals surface area contributed by atoms with Crippen LogP contribution in [-0.2, 0) is 4.74 Å². The highest BCUT2D eigenvalue weighted by Gasteiger charge is 2.19. The average Bonchev–Trinajstić information content (AvgIpc) is 1.96. The number of rotatable bonds is 3. The molecule has 5 nitrogen and oxygen atoms in total. The molecular formula is C9H21N3O2. The van der Waals surface area contributed by atoms with Crippen LogP contribution in [-0.4, -0.2) is 48.8 Å². The molecule has 0 aromatic rings. The van der Waals surface area contributed by atoms with Crippen molar-refractivity contribution in [3.63, 3.8) is 0 Å². The van der Waals surface area contributed by atoms with Gasteiger partial charge in [-0.1, -0.05) is 0 Å². The predicted molar refractivity (Wildman–Crippen MR) is 55.7 cm³/mol. The molecule has 0 aliphatic carbocycles. The van der Waals surface area contributed by atoms with Crippen molar-refractivity contribution in [2.75, 3.05) is 27.2 Å². The molecule has 14 heavy (non-hydrogen) atoms. The number of hydrazine groups is 1. The monoisotopic (exact) mass is 203 g/mol. The summed E-state index contributed by atoms with van der Waals surface area (Å²) in [5.41, 5.74) is -0.444. The topological polar surface area (TPSA) is 58.8 Å². The maximum atomic E-state index is 11.4. The Morgan fingerprint density at radius 2 is 1.79 bits per heavy atom. The first-order valence-corrected chi connectivity index (χ1v) is 4.62. The molecule has 0 bridgehead atoms. The third-order valence-electron chi connectivity index (χ3n) is 1.49. The Morgan fingerprint density at radius 3 is 2.14 bits per heavy atom. The zero-order valence-electron chi connectivity index (χ0n) is 9.70. The summed E-state index contributed by atoms with van der Waals surface area (Å²) in [5.74, 6) is 5.42. The lowest BCUT2D eigenvalue weighted by Crippen LogP contribution is -2.40.